The van der Waals surface area contributed by atoms with Crippen LogP contribution in [0.2, 0.25) is 0 Å². The van der Waals surface area contributed by atoms with Crippen LogP contribution in [0, 0.1) is 0 Å². The van der Waals surface area contributed by atoms with Crippen LogP contribution < -0.4 is 5.73 Å². The predicted molar refractivity (Wildman–Crippen MR) is 104 cm³/mol. The zero-order chi connectivity index (χ0) is 16.8. The van der Waals surface area contributed by atoms with Crippen LogP contribution in [0.25, 0.3) is 0 Å². The number of likely N-dealkylation sites (tertiary alicyclic amines) is 1. The normalized spacial score (nSPS) is 27.3. The fourth-order valence-electron chi connectivity index (χ4n) is 5.07. The smallest absolute Gasteiger partial charge is 0.0316 e. The van der Waals surface area contributed by atoms with Crippen molar-refractivity contribution in [1.29, 1.82) is 0 Å². The fraction of sp³-hybridized carbons (Fsp3) is 0.727. The van der Waals surface area contributed by atoms with Crippen LogP contribution in [-0.2, 0) is 5.41 Å². The van der Waals surface area contributed by atoms with Gasteiger partial charge in [0.05, 0.1) is 0 Å². The number of nitrogens with two attached hydrogens (primary N) is 1. The molecule has 24 heavy (non-hydrogen) atoms. The third kappa shape index (κ3) is 4.14. The number of piperidine rings is 1. The first-order chi connectivity index (χ1) is 11.7. The quantitative estimate of drug-likeness (QED) is 0.503. The molecule has 1 aliphatic heterocycles. The van der Waals surface area contributed by atoms with Crippen LogP contribution in [-0.4, -0.2) is 24.0 Å². The molecule has 1 saturated heterocycles. The van der Waals surface area contributed by atoms with E-state index in [2.05, 4.69) is 30.0 Å². The van der Waals surface area contributed by atoms with Gasteiger partial charge in [0.15, 0.2) is 0 Å². The molecule has 0 spiro atoms. The van der Waals surface area contributed by atoms with E-state index in [1.54, 1.807) is 0 Å². The van der Waals surface area contributed by atoms with Crippen molar-refractivity contribution in [2.45, 2.75) is 89.0 Å². The molecule has 1 aromatic rings. The van der Waals surface area contributed by atoms with E-state index in [0.29, 0.717) is 5.41 Å². The van der Waals surface area contributed by atoms with Gasteiger partial charge in [-0.15, -0.1) is 0 Å². The highest BCUT2D eigenvalue weighted by atomic mass is 15.2. The highest BCUT2D eigenvalue weighted by Crippen LogP contribution is 2.47. The standard InChI is InChI=1S/C22H36N2/c1-2-3-4-5-6-7-15-24-16-14-22(13-9-12-21(24)18-22)19-10-8-11-20(23)17-19/h8,10-11,17,21H,2-7,9,12-16,18,23H2,1H3. The average molecular weight is 329 g/mol. The van der Waals surface area contributed by atoms with Crippen molar-refractivity contribution < 1.29 is 0 Å². The van der Waals surface area contributed by atoms with Gasteiger partial charge in [-0.05, 0) is 68.3 Å². The Labute approximate surface area is 148 Å². The summed E-state index contributed by atoms with van der Waals surface area (Å²) in [7, 11) is 0. The molecule has 2 heteroatoms. The van der Waals surface area contributed by atoms with Crippen LogP contribution in [0.1, 0.15) is 83.1 Å². The Kier molecular flexibility index (Phi) is 6.21. The Balaban J connectivity index is 1.53. The summed E-state index contributed by atoms with van der Waals surface area (Å²) in [5, 5.41) is 0. The van der Waals surface area contributed by atoms with E-state index in [4.69, 9.17) is 5.73 Å². The molecule has 2 fully saturated rings. The lowest BCUT2D eigenvalue weighted by molar-refractivity contribution is 0.0503. The van der Waals surface area contributed by atoms with E-state index in [1.807, 2.05) is 6.07 Å². The lowest BCUT2D eigenvalue weighted by Crippen LogP contribution is -2.51. The van der Waals surface area contributed by atoms with Crippen molar-refractivity contribution in [3.05, 3.63) is 29.8 Å². The summed E-state index contributed by atoms with van der Waals surface area (Å²) in [5.74, 6) is 0. The van der Waals surface area contributed by atoms with Crippen molar-refractivity contribution >= 4 is 5.69 Å². The minimum Gasteiger partial charge on any atom is -0.399 e. The largest absolute Gasteiger partial charge is 0.399 e. The Morgan fingerprint density at radius 1 is 1.12 bits per heavy atom. The number of hydrogen-bond donors (Lipinski definition) is 1. The average Bonchev–Trinajstić information content (AvgIpc) is 2.60. The molecule has 2 atom stereocenters. The number of rotatable bonds is 8. The van der Waals surface area contributed by atoms with Crippen molar-refractivity contribution in [2.75, 3.05) is 18.8 Å². The molecule has 134 valence electrons. The summed E-state index contributed by atoms with van der Waals surface area (Å²) in [5.41, 5.74) is 8.91. The lowest BCUT2D eigenvalue weighted by atomic mass is 9.63. The van der Waals surface area contributed by atoms with E-state index in [1.165, 1.54) is 89.3 Å². The maximum absolute atomic E-state index is 6.06. The van der Waals surface area contributed by atoms with Gasteiger partial charge in [-0.25, -0.2) is 0 Å². The zero-order valence-electron chi connectivity index (χ0n) is 15.6. The SMILES string of the molecule is CCCCCCCCN1CCC2(c3cccc(N)c3)CCCC1C2. The number of nitrogens with zero attached hydrogens (tertiary/aromatic N) is 1. The number of anilines is 1. The molecule has 3 rings (SSSR count). The minimum atomic E-state index is 0.413. The second kappa shape index (κ2) is 8.38. The molecule has 0 radical (unpaired) electrons. The molecule has 2 nitrogen and oxygen atoms in total. The van der Waals surface area contributed by atoms with Crippen molar-refractivity contribution in [2.24, 2.45) is 0 Å². The van der Waals surface area contributed by atoms with Gasteiger partial charge in [0, 0.05) is 11.7 Å². The topological polar surface area (TPSA) is 29.3 Å². The summed E-state index contributed by atoms with van der Waals surface area (Å²) >= 11 is 0. The van der Waals surface area contributed by atoms with Crippen LogP contribution in [0.15, 0.2) is 24.3 Å². The Hall–Kier alpha value is -1.02. The second-order valence-electron chi connectivity index (χ2n) is 8.21. The van der Waals surface area contributed by atoms with E-state index >= 15 is 0 Å². The first kappa shape index (κ1) is 17.8. The molecule has 1 aromatic carbocycles. The van der Waals surface area contributed by atoms with Gasteiger partial charge in [0.2, 0.25) is 0 Å². The van der Waals surface area contributed by atoms with Crippen LogP contribution in [0.3, 0.4) is 0 Å². The Morgan fingerprint density at radius 3 is 2.79 bits per heavy atom. The van der Waals surface area contributed by atoms with E-state index in [0.717, 1.165) is 11.7 Å². The zero-order valence-corrected chi connectivity index (χ0v) is 15.6. The third-order valence-corrected chi connectivity index (χ3v) is 6.51. The minimum absolute atomic E-state index is 0.413. The van der Waals surface area contributed by atoms with Gasteiger partial charge in [-0.1, -0.05) is 57.6 Å². The molecular formula is C22H36N2. The number of hydrogen-bond acceptors (Lipinski definition) is 2. The van der Waals surface area contributed by atoms with Gasteiger partial charge in [0.1, 0.15) is 0 Å². The van der Waals surface area contributed by atoms with Gasteiger partial charge in [-0.3, -0.25) is 0 Å². The predicted octanol–water partition coefficient (Wildman–Crippen LogP) is 5.52. The van der Waals surface area contributed by atoms with Crippen LogP contribution in [0.5, 0.6) is 0 Å². The lowest BCUT2D eigenvalue weighted by Gasteiger charge is -2.51. The van der Waals surface area contributed by atoms with Crippen molar-refractivity contribution in [3.8, 4) is 0 Å². The number of fused-ring (bicyclic) bond motifs is 2. The Bertz CT molecular complexity index is 512. The highest BCUT2D eigenvalue weighted by molar-refractivity contribution is 5.44. The maximum atomic E-state index is 6.06. The van der Waals surface area contributed by atoms with E-state index < -0.39 is 0 Å². The van der Waals surface area contributed by atoms with Crippen LogP contribution in [0.4, 0.5) is 5.69 Å². The third-order valence-electron chi connectivity index (χ3n) is 6.51. The van der Waals surface area contributed by atoms with E-state index in [-0.39, 0.29) is 0 Å². The van der Waals surface area contributed by atoms with Gasteiger partial charge in [-0.2, -0.15) is 0 Å². The molecular weight excluding hydrogens is 292 g/mol. The number of unbranched alkanes of at least 4 members (excludes halogenated alkanes) is 5. The molecule has 1 saturated carbocycles. The molecule has 2 unspecified atom stereocenters. The summed E-state index contributed by atoms with van der Waals surface area (Å²) < 4.78 is 0. The van der Waals surface area contributed by atoms with Gasteiger partial charge >= 0.3 is 0 Å². The Morgan fingerprint density at radius 2 is 1.96 bits per heavy atom. The second-order valence-corrected chi connectivity index (χ2v) is 8.21. The summed E-state index contributed by atoms with van der Waals surface area (Å²) in [6.07, 6.45) is 15.3. The molecule has 0 aromatic heterocycles. The van der Waals surface area contributed by atoms with Crippen molar-refractivity contribution in [3.63, 3.8) is 0 Å². The monoisotopic (exact) mass is 328 g/mol. The summed E-state index contributed by atoms with van der Waals surface area (Å²) in [4.78, 5) is 2.81. The molecule has 1 heterocycles. The summed E-state index contributed by atoms with van der Waals surface area (Å²) in [6, 6.07) is 9.54. The fourth-order valence-corrected chi connectivity index (χ4v) is 5.07. The van der Waals surface area contributed by atoms with E-state index in [9.17, 15) is 0 Å². The first-order valence-electron chi connectivity index (χ1n) is 10.3. The molecule has 2 N–H and O–H groups in total. The van der Waals surface area contributed by atoms with Gasteiger partial charge in [0.25, 0.3) is 0 Å². The van der Waals surface area contributed by atoms with Gasteiger partial charge < -0.3 is 10.6 Å². The first-order valence-corrected chi connectivity index (χ1v) is 10.3. The number of benzene rings is 1. The number of nitrogen functional groups attached to an aromatic ring is 1. The molecule has 0 amide bonds. The van der Waals surface area contributed by atoms with Crippen LogP contribution >= 0.6 is 0 Å². The molecule has 1 aliphatic carbocycles. The maximum Gasteiger partial charge on any atom is 0.0316 e. The van der Waals surface area contributed by atoms with Crippen molar-refractivity contribution in [1.82, 2.24) is 4.90 Å². The molecule has 2 aliphatic rings. The summed E-state index contributed by atoms with van der Waals surface area (Å²) in [6.45, 7) is 4.90. The highest BCUT2D eigenvalue weighted by Gasteiger charge is 2.43. The molecule has 2 bridgehead atoms.